The number of nitrogens with zero attached hydrogens (tertiary/aromatic N) is 1. The van der Waals surface area contributed by atoms with Crippen LogP contribution in [0.25, 0.3) is 0 Å². The number of carbonyl (C=O) groups is 2. The van der Waals surface area contributed by atoms with Gasteiger partial charge in [-0.25, -0.2) is 0 Å². The van der Waals surface area contributed by atoms with E-state index in [4.69, 9.17) is 14.7 Å². The molecule has 82 valence electrons. The lowest BCUT2D eigenvalue weighted by molar-refractivity contribution is -0.153. The van der Waals surface area contributed by atoms with E-state index in [9.17, 15) is 9.59 Å². The van der Waals surface area contributed by atoms with Crippen molar-refractivity contribution < 1.29 is 19.1 Å². The molecule has 0 amide bonds. The Labute approximate surface area is 88.0 Å². The smallest absolute Gasteiger partial charge is 0.327 e. The zero-order chi connectivity index (χ0) is 11.5. The Morgan fingerprint density at radius 1 is 1.40 bits per heavy atom. The second-order valence-electron chi connectivity index (χ2n) is 3.31. The van der Waals surface area contributed by atoms with Crippen molar-refractivity contribution in [1.29, 1.82) is 5.26 Å². The Bertz CT molecular complexity index is 320. The molecule has 1 rings (SSSR count). The lowest BCUT2D eigenvalue weighted by Gasteiger charge is -2.07. The molecule has 1 fully saturated rings. The maximum absolute atomic E-state index is 11.4. The summed E-state index contributed by atoms with van der Waals surface area (Å²) in [6.45, 7) is 3.79. The number of nitriles is 1. The van der Waals surface area contributed by atoms with Gasteiger partial charge in [0.1, 0.15) is 0 Å². The van der Waals surface area contributed by atoms with Gasteiger partial charge in [-0.15, -0.1) is 0 Å². The van der Waals surface area contributed by atoms with Crippen LogP contribution in [0.15, 0.2) is 0 Å². The van der Waals surface area contributed by atoms with Crippen LogP contribution >= 0.6 is 0 Å². The molecular formula is C10H13NO4. The number of hydrogen-bond donors (Lipinski definition) is 0. The van der Waals surface area contributed by atoms with Crippen LogP contribution in [0.4, 0.5) is 0 Å². The highest BCUT2D eigenvalue weighted by Gasteiger charge is 2.66. The minimum atomic E-state index is -1.29. The van der Waals surface area contributed by atoms with Crippen molar-refractivity contribution in [1.82, 2.24) is 0 Å². The highest BCUT2D eigenvalue weighted by molar-refractivity contribution is 5.93. The zero-order valence-corrected chi connectivity index (χ0v) is 8.78. The molecule has 1 aliphatic carbocycles. The molecule has 0 bridgehead atoms. The summed E-state index contributed by atoms with van der Waals surface area (Å²) in [7, 11) is 0. The fourth-order valence-electron chi connectivity index (χ4n) is 1.45. The highest BCUT2D eigenvalue weighted by Crippen LogP contribution is 2.53. The molecule has 15 heavy (non-hydrogen) atoms. The quantitative estimate of drug-likeness (QED) is 0.638. The molecule has 1 aliphatic rings. The summed E-state index contributed by atoms with van der Waals surface area (Å²) in [5.74, 6) is -1.76. The maximum atomic E-state index is 11.4. The Morgan fingerprint density at radius 3 is 2.47 bits per heavy atom. The molecular weight excluding hydrogens is 198 g/mol. The Balaban J connectivity index is 2.66. The van der Waals surface area contributed by atoms with Gasteiger partial charge in [-0.3, -0.25) is 9.59 Å². The van der Waals surface area contributed by atoms with Crippen LogP contribution in [-0.2, 0) is 19.1 Å². The molecule has 0 heterocycles. The van der Waals surface area contributed by atoms with Crippen molar-refractivity contribution >= 4 is 11.9 Å². The van der Waals surface area contributed by atoms with Gasteiger partial charge in [-0.2, -0.15) is 5.26 Å². The first-order valence-electron chi connectivity index (χ1n) is 4.87. The van der Waals surface area contributed by atoms with E-state index in [2.05, 4.69) is 0 Å². The third-order valence-electron chi connectivity index (χ3n) is 2.37. The fourth-order valence-corrected chi connectivity index (χ4v) is 1.45. The molecule has 0 N–H and O–H groups in total. The van der Waals surface area contributed by atoms with Crippen LogP contribution in [0.5, 0.6) is 0 Å². The summed E-state index contributed by atoms with van der Waals surface area (Å²) in [5, 5.41) is 8.88. The van der Waals surface area contributed by atoms with Gasteiger partial charge in [0.2, 0.25) is 0 Å². The minimum Gasteiger partial charge on any atom is -0.466 e. The first-order chi connectivity index (χ1) is 7.12. The van der Waals surface area contributed by atoms with Crippen molar-refractivity contribution in [2.75, 3.05) is 13.2 Å². The summed E-state index contributed by atoms with van der Waals surface area (Å²) >= 11 is 0. The number of rotatable bonds is 4. The molecule has 5 nitrogen and oxygen atoms in total. The summed E-state index contributed by atoms with van der Waals surface area (Å²) in [4.78, 5) is 22.7. The van der Waals surface area contributed by atoms with Gasteiger partial charge < -0.3 is 9.47 Å². The van der Waals surface area contributed by atoms with E-state index in [0.29, 0.717) is 0 Å². The van der Waals surface area contributed by atoms with Crippen molar-refractivity contribution in [3.63, 3.8) is 0 Å². The Morgan fingerprint density at radius 2 is 2.00 bits per heavy atom. The second-order valence-corrected chi connectivity index (χ2v) is 3.31. The molecule has 0 aromatic carbocycles. The van der Waals surface area contributed by atoms with Gasteiger partial charge in [-0.05, 0) is 20.3 Å². The van der Waals surface area contributed by atoms with Crippen molar-refractivity contribution in [2.45, 2.75) is 20.3 Å². The van der Waals surface area contributed by atoms with Crippen LogP contribution in [-0.4, -0.2) is 25.2 Å². The lowest BCUT2D eigenvalue weighted by Crippen LogP contribution is -2.23. The molecule has 2 atom stereocenters. The largest absolute Gasteiger partial charge is 0.466 e. The number of ether oxygens (including phenoxy) is 2. The molecule has 0 aromatic heterocycles. The molecule has 0 aliphatic heterocycles. The van der Waals surface area contributed by atoms with Crippen LogP contribution < -0.4 is 0 Å². The average molecular weight is 211 g/mol. The number of hydrogen-bond acceptors (Lipinski definition) is 5. The molecule has 2 unspecified atom stereocenters. The van der Waals surface area contributed by atoms with Crippen LogP contribution in [0.1, 0.15) is 20.3 Å². The Hall–Kier alpha value is -1.57. The van der Waals surface area contributed by atoms with Crippen LogP contribution in [0.3, 0.4) is 0 Å². The topological polar surface area (TPSA) is 76.4 Å². The predicted molar refractivity (Wildman–Crippen MR) is 49.4 cm³/mol. The molecule has 0 aromatic rings. The predicted octanol–water partition coefficient (Wildman–Crippen LogP) is 0.642. The second kappa shape index (κ2) is 4.30. The number of esters is 2. The molecule has 5 heteroatoms. The van der Waals surface area contributed by atoms with Gasteiger partial charge in [-0.1, -0.05) is 0 Å². The summed E-state index contributed by atoms with van der Waals surface area (Å²) in [5.41, 5.74) is -1.29. The third-order valence-corrected chi connectivity index (χ3v) is 2.37. The van der Waals surface area contributed by atoms with Crippen LogP contribution in [0, 0.1) is 22.7 Å². The summed E-state index contributed by atoms with van der Waals surface area (Å²) < 4.78 is 9.50. The van der Waals surface area contributed by atoms with Gasteiger partial charge in [0.15, 0.2) is 5.41 Å². The first kappa shape index (κ1) is 11.5. The normalized spacial score (nSPS) is 27.7. The van der Waals surface area contributed by atoms with E-state index < -0.39 is 23.3 Å². The van der Waals surface area contributed by atoms with Crippen molar-refractivity contribution in [3.05, 3.63) is 0 Å². The van der Waals surface area contributed by atoms with E-state index >= 15 is 0 Å². The fraction of sp³-hybridized carbons (Fsp3) is 0.700. The first-order valence-corrected chi connectivity index (χ1v) is 4.87. The zero-order valence-electron chi connectivity index (χ0n) is 8.78. The lowest BCUT2D eigenvalue weighted by atomic mass is 10.1. The Kier molecular flexibility index (Phi) is 3.30. The van der Waals surface area contributed by atoms with Gasteiger partial charge in [0.25, 0.3) is 0 Å². The molecule has 0 spiro atoms. The van der Waals surface area contributed by atoms with Crippen molar-refractivity contribution in [3.8, 4) is 6.07 Å². The summed E-state index contributed by atoms with van der Waals surface area (Å²) in [6.07, 6.45) is 0.209. The summed E-state index contributed by atoms with van der Waals surface area (Å²) in [6, 6.07) is 1.85. The highest BCUT2D eigenvalue weighted by atomic mass is 16.5. The van der Waals surface area contributed by atoms with E-state index in [-0.39, 0.29) is 19.6 Å². The van der Waals surface area contributed by atoms with E-state index in [1.807, 2.05) is 6.07 Å². The SMILES string of the molecule is CCOC(=O)C1CC1(C#N)C(=O)OCC. The molecule has 1 saturated carbocycles. The van der Waals surface area contributed by atoms with Gasteiger partial charge >= 0.3 is 11.9 Å². The average Bonchev–Trinajstić information content (AvgIpc) is 2.94. The minimum absolute atomic E-state index is 0.206. The van der Waals surface area contributed by atoms with Gasteiger partial charge in [0, 0.05) is 0 Å². The van der Waals surface area contributed by atoms with Gasteiger partial charge in [0.05, 0.1) is 25.2 Å². The maximum Gasteiger partial charge on any atom is 0.327 e. The standard InChI is InChI=1S/C10H13NO4/c1-3-14-8(12)7-5-10(7,6-11)9(13)15-4-2/h7H,3-5H2,1-2H3. The van der Waals surface area contributed by atoms with E-state index in [0.717, 1.165) is 0 Å². The monoisotopic (exact) mass is 211 g/mol. The molecule has 0 saturated heterocycles. The molecule has 0 radical (unpaired) electrons. The number of carbonyl (C=O) groups excluding carboxylic acids is 2. The van der Waals surface area contributed by atoms with Crippen LogP contribution in [0.2, 0.25) is 0 Å². The van der Waals surface area contributed by atoms with Crippen molar-refractivity contribution in [2.24, 2.45) is 11.3 Å². The van der Waals surface area contributed by atoms with E-state index in [1.165, 1.54) is 0 Å². The third kappa shape index (κ3) is 1.94. The van der Waals surface area contributed by atoms with E-state index in [1.54, 1.807) is 13.8 Å².